The Bertz CT molecular complexity index is 1450. The summed E-state index contributed by atoms with van der Waals surface area (Å²) in [6.07, 6.45) is -3.86. The van der Waals surface area contributed by atoms with E-state index in [1.807, 2.05) is 54.6 Å². The van der Waals surface area contributed by atoms with Crippen LogP contribution in [0, 0.1) is 11.3 Å². The van der Waals surface area contributed by atoms with E-state index in [1.54, 1.807) is 13.2 Å². The van der Waals surface area contributed by atoms with E-state index in [0.29, 0.717) is 33.8 Å². The number of halogens is 3. The van der Waals surface area contributed by atoms with Crippen LogP contribution < -0.4 is 10.1 Å². The van der Waals surface area contributed by atoms with E-state index in [0.717, 1.165) is 35.0 Å². The third-order valence-corrected chi connectivity index (χ3v) is 6.22. The molecule has 0 spiro atoms. The Kier molecular flexibility index (Phi) is 7.74. The number of benzene rings is 2. The number of thioether (sulfide) groups is 1. The molecule has 0 bridgehead atoms. The Labute approximate surface area is 215 Å². The SMILES string of the molecule is COc1cccc(-c2cc(-c3ccccc3)c(C#N)c(SCC(=O)Nc3ccc(C(F)(F)F)cn3)n2)c1. The predicted octanol–water partition coefficient (Wildman–Crippen LogP) is 6.44. The first-order valence-corrected chi connectivity index (χ1v) is 11.9. The van der Waals surface area contributed by atoms with Crippen molar-refractivity contribution in [2.24, 2.45) is 0 Å². The summed E-state index contributed by atoms with van der Waals surface area (Å²) in [7, 11) is 1.56. The molecule has 0 aliphatic rings. The molecule has 1 N–H and O–H groups in total. The maximum absolute atomic E-state index is 12.7. The standard InChI is InChI=1S/C27H19F3N4O2S/c1-36-20-9-5-8-18(12-20)23-13-21(17-6-3-2-4-7-17)22(14-31)26(33-23)37-16-25(35)34-24-11-10-19(15-32-24)27(28,29)30/h2-13,15H,16H2,1H3,(H,32,34,35). The van der Waals surface area contributed by atoms with Crippen molar-refractivity contribution in [3.8, 4) is 34.2 Å². The minimum atomic E-state index is -4.52. The summed E-state index contributed by atoms with van der Waals surface area (Å²) in [6, 6.07) is 22.6. The number of hydrogen-bond donors (Lipinski definition) is 1. The smallest absolute Gasteiger partial charge is 0.417 e. The molecule has 0 aliphatic carbocycles. The molecule has 0 fully saturated rings. The molecular weight excluding hydrogens is 501 g/mol. The van der Waals surface area contributed by atoms with E-state index in [-0.39, 0.29) is 11.6 Å². The first kappa shape index (κ1) is 25.7. The molecule has 4 rings (SSSR count). The zero-order valence-corrected chi connectivity index (χ0v) is 20.2. The molecule has 6 nitrogen and oxygen atoms in total. The van der Waals surface area contributed by atoms with Gasteiger partial charge in [-0.25, -0.2) is 9.97 Å². The molecule has 0 unspecified atom stereocenters. The van der Waals surface area contributed by atoms with Crippen molar-refractivity contribution in [3.63, 3.8) is 0 Å². The zero-order valence-electron chi connectivity index (χ0n) is 19.4. The van der Waals surface area contributed by atoms with Gasteiger partial charge in [-0.2, -0.15) is 18.4 Å². The Hall–Kier alpha value is -4.36. The van der Waals surface area contributed by atoms with Crippen LogP contribution in [0.3, 0.4) is 0 Å². The number of nitrogens with zero attached hydrogens (tertiary/aromatic N) is 3. The molecule has 1 amide bonds. The summed E-state index contributed by atoms with van der Waals surface area (Å²) >= 11 is 1.05. The Balaban J connectivity index is 1.63. The molecular formula is C27H19F3N4O2S. The van der Waals surface area contributed by atoms with E-state index in [1.165, 1.54) is 0 Å². The highest BCUT2D eigenvalue weighted by molar-refractivity contribution is 8.00. The normalized spacial score (nSPS) is 11.0. The van der Waals surface area contributed by atoms with E-state index < -0.39 is 17.6 Å². The van der Waals surface area contributed by atoms with Gasteiger partial charge in [-0.1, -0.05) is 54.2 Å². The summed E-state index contributed by atoms with van der Waals surface area (Å²) < 4.78 is 43.6. The minimum Gasteiger partial charge on any atom is -0.497 e. The molecule has 4 aromatic rings. The third-order valence-electron chi connectivity index (χ3n) is 5.25. The van der Waals surface area contributed by atoms with Crippen LogP contribution in [0.25, 0.3) is 22.4 Å². The second kappa shape index (κ2) is 11.1. The fraction of sp³-hybridized carbons (Fsp3) is 0.111. The van der Waals surface area contributed by atoms with Gasteiger partial charge in [-0.3, -0.25) is 4.79 Å². The number of carbonyl (C=O) groups is 1. The van der Waals surface area contributed by atoms with Gasteiger partial charge in [0.2, 0.25) is 5.91 Å². The van der Waals surface area contributed by atoms with Crippen molar-refractivity contribution >= 4 is 23.5 Å². The Morgan fingerprint density at radius 1 is 1.05 bits per heavy atom. The lowest BCUT2D eigenvalue weighted by Gasteiger charge is -2.13. The van der Waals surface area contributed by atoms with Crippen LogP contribution in [0.2, 0.25) is 0 Å². The lowest BCUT2D eigenvalue weighted by molar-refractivity contribution is -0.137. The predicted molar refractivity (Wildman–Crippen MR) is 135 cm³/mol. The first-order chi connectivity index (χ1) is 17.8. The van der Waals surface area contributed by atoms with E-state index in [2.05, 4.69) is 21.4 Å². The van der Waals surface area contributed by atoms with E-state index in [9.17, 15) is 23.2 Å². The zero-order chi connectivity index (χ0) is 26.4. The highest BCUT2D eigenvalue weighted by Crippen LogP contribution is 2.35. The van der Waals surface area contributed by atoms with Gasteiger partial charge in [-0.15, -0.1) is 0 Å². The van der Waals surface area contributed by atoms with Gasteiger partial charge in [0.25, 0.3) is 0 Å². The lowest BCUT2D eigenvalue weighted by atomic mass is 9.99. The molecule has 2 aromatic carbocycles. The monoisotopic (exact) mass is 520 g/mol. The number of rotatable bonds is 7. The van der Waals surface area contributed by atoms with Gasteiger partial charge in [0.15, 0.2) is 0 Å². The molecule has 0 atom stereocenters. The van der Waals surface area contributed by atoms with Crippen molar-refractivity contribution in [1.29, 1.82) is 5.26 Å². The van der Waals surface area contributed by atoms with Crippen molar-refractivity contribution in [3.05, 3.63) is 90.1 Å². The summed E-state index contributed by atoms with van der Waals surface area (Å²) in [4.78, 5) is 20.9. The van der Waals surface area contributed by atoms with Crippen LogP contribution in [0.15, 0.2) is 84.0 Å². The van der Waals surface area contributed by atoms with Gasteiger partial charge in [0.1, 0.15) is 22.7 Å². The number of carbonyl (C=O) groups excluding carboxylic acids is 1. The molecule has 186 valence electrons. The van der Waals surface area contributed by atoms with Gasteiger partial charge >= 0.3 is 6.18 Å². The Morgan fingerprint density at radius 3 is 2.46 bits per heavy atom. The van der Waals surface area contributed by atoms with E-state index >= 15 is 0 Å². The molecule has 37 heavy (non-hydrogen) atoms. The average Bonchev–Trinajstić information content (AvgIpc) is 2.91. The minimum absolute atomic E-state index is 0.0119. The number of amides is 1. The maximum atomic E-state index is 12.7. The molecule has 2 heterocycles. The van der Waals surface area contributed by atoms with E-state index in [4.69, 9.17) is 4.74 Å². The number of nitriles is 1. The highest BCUT2D eigenvalue weighted by Gasteiger charge is 2.30. The second-order valence-electron chi connectivity index (χ2n) is 7.71. The largest absolute Gasteiger partial charge is 0.497 e. The fourth-order valence-corrected chi connectivity index (χ4v) is 4.26. The summed E-state index contributed by atoms with van der Waals surface area (Å²) in [5.41, 5.74) is 2.22. The third kappa shape index (κ3) is 6.26. The number of alkyl halides is 3. The van der Waals surface area contributed by atoms with Gasteiger partial charge in [0, 0.05) is 17.3 Å². The fourth-order valence-electron chi connectivity index (χ4n) is 3.46. The number of aromatic nitrogens is 2. The number of hydrogen-bond acceptors (Lipinski definition) is 6. The van der Waals surface area contributed by atoms with Crippen molar-refractivity contribution in [2.45, 2.75) is 11.2 Å². The molecule has 0 radical (unpaired) electrons. The number of pyridine rings is 2. The van der Waals surface area contributed by atoms with Crippen LogP contribution in [0.4, 0.5) is 19.0 Å². The number of ether oxygens (including phenoxy) is 1. The van der Waals surface area contributed by atoms with Gasteiger partial charge in [-0.05, 0) is 35.9 Å². The van der Waals surface area contributed by atoms with Crippen molar-refractivity contribution in [2.75, 3.05) is 18.2 Å². The topological polar surface area (TPSA) is 87.9 Å². The average molecular weight is 521 g/mol. The first-order valence-electron chi connectivity index (χ1n) is 10.9. The summed E-state index contributed by atoms with van der Waals surface area (Å²) in [5.74, 6) is -0.0131. The molecule has 0 saturated heterocycles. The maximum Gasteiger partial charge on any atom is 0.417 e. The van der Waals surface area contributed by atoms with Gasteiger partial charge in [0.05, 0.1) is 29.7 Å². The highest BCUT2D eigenvalue weighted by atomic mass is 32.2. The van der Waals surface area contributed by atoms with Crippen LogP contribution in [0.1, 0.15) is 11.1 Å². The summed E-state index contributed by atoms with van der Waals surface area (Å²) in [5, 5.41) is 12.8. The second-order valence-corrected chi connectivity index (χ2v) is 8.68. The van der Waals surface area contributed by atoms with Crippen LogP contribution in [0.5, 0.6) is 5.75 Å². The molecule has 2 aromatic heterocycles. The number of methoxy groups -OCH3 is 1. The number of anilines is 1. The quantitative estimate of drug-likeness (QED) is 0.282. The van der Waals surface area contributed by atoms with Crippen LogP contribution >= 0.6 is 11.8 Å². The van der Waals surface area contributed by atoms with Crippen LogP contribution in [-0.2, 0) is 11.0 Å². The van der Waals surface area contributed by atoms with Crippen LogP contribution in [-0.4, -0.2) is 28.7 Å². The van der Waals surface area contributed by atoms with Crippen molar-refractivity contribution in [1.82, 2.24) is 9.97 Å². The van der Waals surface area contributed by atoms with Crippen molar-refractivity contribution < 1.29 is 22.7 Å². The molecule has 0 aliphatic heterocycles. The lowest BCUT2D eigenvalue weighted by Crippen LogP contribution is -2.16. The molecule has 10 heteroatoms. The van der Waals surface area contributed by atoms with Gasteiger partial charge < -0.3 is 10.1 Å². The summed E-state index contributed by atoms with van der Waals surface area (Å²) in [6.45, 7) is 0. The molecule has 0 saturated carbocycles. The Morgan fingerprint density at radius 2 is 1.81 bits per heavy atom. The number of nitrogens with one attached hydrogen (secondary N) is 1.